The molecule has 2 N–H and O–H groups in total. The maximum atomic E-state index is 13.0. The molecule has 0 aliphatic heterocycles. The van der Waals surface area contributed by atoms with E-state index in [4.69, 9.17) is 5.11 Å². The number of carboxylic acids is 1. The largest absolute Gasteiger partial charge is 0.478 e. The third-order valence-electron chi connectivity index (χ3n) is 3.06. The number of alkyl halides is 3. The Hall–Kier alpha value is -2.05. The molecule has 0 bridgehead atoms. The summed E-state index contributed by atoms with van der Waals surface area (Å²) in [6.07, 6.45) is -4.79. The first-order valence-corrected chi connectivity index (χ1v) is 6.59. The Morgan fingerprint density at radius 1 is 1.14 bits per heavy atom. The molecule has 1 aromatic rings. The zero-order chi connectivity index (χ0) is 17.1. The van der Waals surface area contributed by atoms with E-state index in [0.29, 0.717) is 5.56 Å². The monoisotopic (exact) mass is 317 g/mol. The Morgan fingerprint density at radius 3 is 2.00 bits per heavy atom. The van der Waals surface area contributed by atoms with Crippen LogP contribution < -0.4 is 5.32 Å². The van der Waals surface area contributed by atoms with Crippen molar-refractivity contribution in [3.8, 4) is 0 Å². The van der Waals surface area contributed by atoms with Gasteiger partial charge in [-0.3, -0.25) is 4.79 Å². The average molecular weight is 317 g/mol. The van der Waals surface area contributed by atoms with E-state index in [1.54, 1.807) is 0 Å². The molecule has 0 spiro atoms. The van der Waals surface area contributed by atoms with Gasteiger partial charge in [0.05, 0.1) is 12.0 Å². The van der Waals surface area contributed by atoms with Crippen LogP contribution in [-0.4, -0.2) is 29.2 Å². The van der Waals surface area contributed by atoms with Gasteiger partial charge in [-0.1, -0.05) is 32.9 Å². The average Bonchev–Trinajstić information content (AvgIpc) is 2.34. The predicted octanol–water partition coefficient (Wildman–Crippen LogP) is 3.02. The standard InChI is InChI=1S/C15H18F3NO3/c1-14(2,3)13(15(16,17)18)19-11(20)8-9-4-6-10(7-5-9)12(21)22/h4-7,13H,8H2,1-3H3,(H,19,20)(H,21,22). The number of carboxylic acid groups (broad SMARTS) is 1. The smallest absolute Gasteiger partial charge is 0.409 e. The van der Waals surface area contributed by atoms with Gasteiger partial charge in [-0.05, 0) is 23.1 Å². The molecule has 0 aliphatic rings. The number of hydrogen-bond donors (Lipinski definition) is 2. The molecule has 0 fully saturated rings. The Bertz CT molecular complexity index is 531. The molecule has 1 unspecified atom stereocenters. The number of nitrogens with one attached hydrogen (secondary N) is 1. The second-order valence-corrected chi connectivity index (χ2v) is 6.09. The maximum absolute atomic E-state index is 13.0. The van der Waals surface area contributed by atoms with E-state index < -0.39 is 29.5 Å². The fourth-order valence-electron chi connectivity index (χ4n) is 1.95. The predicted molar refractivity (Wildman–Crippen MR) is 74.5 cm³/mol. The van der Waals surface area contributed by atoms with E-state index in [-0.39, 0.29) is 12.0 Å². The highest BCUT2D eigenvalue weighted by Gasteiger charge is 2.47. The van der Waals surface area contributed by atoms with Crippen molar-refractivity contribution < 1.29 is 27.9 Å². The minimum absolute atomic E-state index is 0.0482. The van der Waals surface area contributed by atoms with Crippen LogP contribution in [0.2, 0.25) is 0 Å². The van der Waals surface area contributed by atoms with E-state index in [1.165, 1.54) is 45.0 Å². The number of benzene rings is 1. The lowest BCUT2D eigenvalue weighted by Crippen LogP contribution is -2.53. The van der Waals surface area contributed by atoms with Crippen molar-refractivity contribution >= 4 is 11.9 Å². The van der Waals surface area contributed by atoms with Crippen LogP contribution in [0.3, 0.4) is 0 Å². The molecule has 1 rings (SSSR count). The third kappa shape index (κ3) is 5.05. The summed E-state index contributed by atoms with van der Waals surface area (Å²) < 4.78 is 38.9. The van der Waals surface area contributed by atoms with Crippen molar-refractivity contribution in [3.05, 3.63) is 35.4 Å². The number of rotatable bonds is 4. The summed E-state index contributed by atoms with van der Waals surface area (Å²) in [7, 11) is 0. The highest BCUT2D eigenvalue weighted by Crippen LogP contribution is 2.33. The first kappa shape index (κ1) is 18.0. The van der Waals surface area contributed by atoms with Gasteiger partial charge in [0.1, 0.15) is 6.04 Å². The van der Waals surface area contributed by atoms with Crippen molar-refractivity contribution in [2.75, 3.05) is 0 Å². The van der Waals surface area contributed by atoms with Gasteiger partial charge < -0.3 is 10.4 Å². The number of carbonyl (C=O) groups is 2. The van der Waals surface area contributed by atoms with Gasteiger partial charge in [0.2, 0.25) is 5.91 Å². The van der Waals surface area contributed by atoms with Crippen molar-refractivity contribution in [3.63, 3.8) is 0 Å². The summed E-state index contributed by atoms with van der Waals surface area (Å²) in [5.74, 6) is -1.87. The van der Waals surface area contributed by atoms with E-state index in [9.17, 15) is 22.8 Å². The fourth-order valence-corrected chi connectivity index (χ4v) is 1.95. The maximum Gasteiger partial charge on any atom is 0.409 e. The van der Waals surface area contributed by atoms with Crippen molar-refractivity contribution in [1.82, 2.24) is 5.32 Å². The molecule has 1 aromatic carbocycles. The quantitative estimate of drug-likeness (QED) is 0.897. The summed E-state index contributed by atoms with van der Waals surface area (Å²) in [5, 5.41) is 10.8. The second-order valence-electron chi connectivity index (χ2n) is 6.09. The molecule has 122 valence electrons. The van der Waals surface area contributed by atoms with Crippen LogP contribution >= 0.6 is 0 Å². The summed E-state index contributed by atoms with van der Waals surface area (Å²) in [5.41, 5.74) is -0.675. The summed E-state index contributed by atoms with van der Waals surface area (Å²) in [6, 6.07) is 3.46. The van der Waals surface area contributed by atoms with E-state index in [0.717, 1.165) is 0 Å². The van der Waals surface area contributed by atoms with Gasteiger partial charge in [-0.25, -0.2) is 4.79 Å². The molecule has 0 heterocycles. The van der Waals surface area contributed by atoms with E-state index >= 15 is 0 Å². The van der Waals surface area contributed by atoms with Gasteiger partial charge in [0.15, 0.2) is 0 Å². The Morgan fingerprint density at radius 2 is 1.64 bits per heavy atom. The van der Waals surface area contributed by atoms with Crippen LogP contribution in [-0.2, 0) is 11.2 Å². The highest BCUT2D eigenvalue weighted by atomic mass is 19.4. The molecular formula is C15H18F3NO3. The second kappa shape index (κ2) is 6.37. The van der Waals surface area contributed by atoms with E-state index in [2.05, 4.69) is 0 Å². The molecule has 0 saturated heterocycles. The molecule has 22 heavy (non-hydrogen) atoms. The van der Waals surface area contributed by atoms with Crippen LogP contribution in [0.1, 0.15) is 36.7 Å². The summed E-state index contributed by atoms with van der Waals surface area (Å²) in [4.78, 5) is 22.5. The minimum atomic E-state index is -4.54. The van der Waals surface area contributed by atoms with Gasteiger partial charge >= 0.3 is 12.1 Å². The van der Waals surface area contributed by atoms with Crippen molar-refractivity contribution in [1.29, 1.82) is 0 Å². The zero-order valence-corrected chi connectivity index (χ0v) is 12.5. The van der Waals surface area contributed by atoms with Crippen molar-refractivity contribution in [2.45, 2.75) is 39.4 Å². The molecule has 0 aliphatic carbocycles. The van der Waals surface area contributed by atoms with Crippen LogP contribution in [0.4, 0.5) is 13.2 Å². The lowest BCUT2D eigenvalue weighted by molar-refractivity contribution is -0.180. The van der Waals surface area contributed by atoms with Gasteiger partial charge in [0, 0.05) is 0 Å². The SMILES string of the molecule is CC(C)(C)C(NC(=O)Cc1ccc(C(=O)O)cc1)C(F)(F)F. The molecule has 4 nitrogen and oxygen atoms in total. The van der Waals surface area contributed by atoms with Crippen LogP contribution in [0.25, 0.3) is 0 Å². The molecular weight excluding hydrogens is 299 g/mol. The fraction of sp³-hybridized carbons (Fsp3) is 0.467. The molecule has 1 atom stereocenters. The molecule has 1 amide bonds. The molecule has 7 heteroatoms. The molecule has 0 saturated carbocycles. The number of amides is 1. The molecule has 0 radical (unpaired) electrons. The van der Waals surface area contributed by atoms with Crippen LogP contribution in [0, 0.1) is 5.41 Å². The van der Waals surface area contributed by atoms with Gasteiger partial charge in [-0.15, -0.1) is 0 Å². The number of aromatic carboxylic acids is 1. The number of halogens is 3. The Kier molecular flexibility index (Phi) is 5.22. The number of hydrogen-bond acceptors (Lipinski definition) is 2. The van der Waals surface area contributed by atoms with Gasteiger partial charge in [-0.2, -0.15) is 13.2 Å². The minimum Gasteiger partial charge on any atom is -0.478 e. The van der Waals surface area contributed by atoms with Gasteiger partial charge in [0.25, 0.3) is 0 Å². The molecule has 0 aromatic heterocycles. The third-order valence-corrected chi connectivity index (χ3v) is 3.06. The zero-order valence-electron chi connectivity index (χ0n) is 12.5. The Labute approximate surface area is 126 Å². The first-order valence-electron chi connectivity index (χ1n) is 6.59. The normalized spacial score (nSPS) is 13.5. The highest BCUT2D eigenvalue weighted by molar-refractivity contribution is 5.87. The Balaban J connectivity index is 2.78. The summed E-state index contributed by atoms with van der Waals surface area (Å²) in [6.45, 7) is 4.19. The van der Waals surface area contributed by atoms with Crippen LogP contribution in [0.5, 0.6) is 0 Å². The first-order chi connectivity index (χ1) is 9.91. The van der Waals surface area contributed by atoms with E-state index in [1.807, 2.05) is 5.32 Å². The lowest BCUT2D eigenvalue weighted by Gasteiger charge is -2.33. The lowest BCUT2D eigenvalue weighted by atomic mass is 9.86. The summed E-state index contributed by atoms with van der Waals surface area (Å²) >= 11 is 0. The number of carbonyl (C=O) groups excluding carboxylic acids is 1. The topological polar surface area (TPSA) is 66.4 Å². The van der Waals surface area contributed by atoms with Crippen LogP contribution in [0.15, 0.2) is 24.3 Å². The van der Waals surface area contributed by atoms with Crippen molar-refractivity contribution in [2.24, 2.45) is 5.41 Å².